The Bertz CT molecular complexity index is 439. The SMILES string of the molecule is CC(C)NNC(=O)c1cc(I)c(OC(C)C)c(I)c1. The van der Waals surface area contributed by atoms with Gasteiger partial charge in [0.25, 0.3) is 5.91 Å². The van der Waals surface area contributed by atoms with Gasteiger partial charge in [-0.1, -0.05) is 0 Å². The summed E-state index contributed by atoms with van der Waals surface area (Å²) in [5.41, 5.74) is 6.19. The van der Waals surface area contributed by atoms with Crippen molar-refractivity contribution >= 4 is 51.1 Å². The first-order valence-corrected chi connectivity index (χ1v) is 8.18. The van der Waals surface area contributed by atoms with Gasteiger partial charge in [0.1, 0.15) is 5.75 Å². The summed E-state index contributed by atoms with van der Waals surface area (Å²) >= 11 is 4.38. The van der Waals surface area contributed by atoms with Crippen molar-refractivity contribution in [1.82, 2.24) is 10.9 Å². The van der Waals surface area contributed by atoms with Crippen LogP contribution in [0.1, 0.15) is 38.1 Å². The average Bonchev–Trinajstić information content (AvgIpc) is 2.30. The summed E-state index contributed by atoms with van der Waals surface area (Å²) in [6, 6.07) is 3.86. The number of nitrogens with one attached hydrogen (secondary N) is 2. The van der Waals surface area contributed by atoms with Crippen LogP contribution in [-0.4, -0.2) is 18.1 Å². The second kappa shape index (κ2) is 7.63. The number of carbonyl (C=O) groups is 1. The molecule has 0 bridgehead atoms. The molecule has 0 saturated heterocycles. The van der Waals surface area contributed by atoms with E-state index in [0.717, 1.165) is 12.9 Å². The Morgan fingerprint density at radius 2 is 1.68 bits per heavy atom. The van der Waals surface area contributed by atoms with Crippen molar-refractivity contribution in [3.05, 3.63) is 24.8 Å². The van der Waals surface area contributed by atoms with Crippen LogP contribution in [0, 0.1) is 7.14 Å². The lowest BCUT2D eigenvalue weighted by Crippen LogP contribution is -2.41. The molecule has 4 nitrogen and oxygen atoms in total. The van der Waals surface area contributed by atoms with Gasteiger partial charge in [-0.15, -0.1) is 0 Å². The van der Waals surface area contributed by atoms with Gasteiger partial charge in [-0.25, -0.2) is 5.43 Å². The third kappa shape index (κ3) is 5.42. The minimum atomic E-state index is -0.138. The first kappa shape index (κ1) is 17.0. The summed E-state index contributed by atoms with van der Waals surface area (Å²) in [6.07, 6.45) is 0.115. The highest BCUT2D eigenvalue weighted by Crippen LogP contribution is 2.29. The fourth-order valence-corrected chi connectivity index (χ4v) is 3.34. The standard InChI is InChI=1S/C13H18I2N2O2/c1-7(2)16-17-13(18)9-5-10(14)12(11(15)6-9)19-8(3)4/h5-8,16H,1-4H3,(H,17,18). The summed E-state index contributed by atoms with van der Waals surface area (Å²) in [7, 11) is 0. The maximum absolute atomic E-state index is 12.0. The lowest BCUT2D eigenvalue weighted by Gasteiger charge is -2.15. The van der Waals surface area contributed by atoms with E-state index in [2.05, 4.69) is 56.0 Å². The minimum absolute atomic E-state index is 0.115. The van der Waals surface area contributed by atoms with Crippen LogP contribution in [0.2, 0.25) is 0 Å². The van der Waals surface area contributed by atoms with Gasteiger partial charge in [-0.2, -0.15) is 0 Å². The molecule has 0 spiro atoms. The number of rotatable bonds is 5. The smallest absolute Gasteiger partial charge is 0.265 e. The quantitative estimate of drug-likeness (QED) is 0.495. The van der Waals surface area contributed by atoms with Gasteiger partial charge in [0.05, 0.1) is 13.2 Å². The van der Waals surface area contributed by atoms with E-state index in [0.29, 0.717) is 5.56 Å². The zero-order valence-corrected chi connectivity index (χ0v) is 15.7. The van der Waals surface area contributed by atoms with Gasteiger partial charge in [0.15, 0.2) is 0 Å². The van der Waals surface area contributed by atoms with Crippen LogP contribution in [-0.2, 0) is 0 Å². The lowest BCUT2D eigenvalue weighted by molar-refractivity contribution is 0.0927. The molecule has 6 heteroatoms. The molecule has 106 valence electrons. The number of halogens is 2. The highest BCUT2D eigenvalue weighted by molar-refractivity contribution is 14.1. The van der Waals surface area contributed by atoms with E-state index in [-0.39, 0.29) is 18.1 Å². The van der Waals surface area contributed by atoms with Gasteiger partial charge in [0, 0.05) is 11.6 Å². The summed E-state index contributed by atoms with van der Waals surface area (Å²) < 4.78 is 7.62. The van der Waals surface area contributed by atoms with Crippen molar-refractivity contribution in [2.75, 3.05) is 0 Å². The molecular formula is C13H18I2N2O2. The first-order valence-electron chi connectivity index (χ1n) is 6.02. The fraction of sp³-hybridized carbons (Fsp3) is 0.462. The number of carbonyl (C=O) groups excluding carboxylic acids is 1. The fourth-order valence-electron chi connectivity index (χ4n) is 1.32. The maximum Gasteiger partial charge on any atom is 0.265 e. The van der Waals surface area contributed by atoms with E-state index in [4.69, 9.17) is 4.74 Å². The van der Waals surface area contributed by atoms with Crippen molar-refractivity contribution in [3.63, 3.8) is 0 Å². The number of amides is 1. The molecule has 1 amide bonds. The second-order valence-corrected chi connectivity index (χ2v) is 7.01. The van der Waals surface area contributed by atoms with E-state index in [1.807, 2.05) is 39.8 Å². The Morgan fingerprint density at radius 3 is 2.11 bits per heavy atom. The van der Waals surface area contributed by atoms with Crippen LogP contribution in [0.15, 0.2) is 12.1 Å². The Balaban J connectivity index is 2.91. The van der Waals surface area contributed by atoms with Gasteiger partial charge in [-0.3, -0.25) is 10.2 Å². The highest BCUT2D eigenvalue weighted by Gasteiger charge is 2.14. The Kier molecular flexibility index (Phi) is 6.81. The zero-order valence-electron chi connectivity index (χ0n) is 11.4. The van der Waals surface area contributed by atoms with E-state index in [1.54, 1.807) is 0 Å². The van der Waals surface area contributed by atoms with Crippen molar-refractivity contribution in [1.29, 1.82) is 0 Å². The molecule has 1 aromatic rings. The highest BCUT2D eigenvalue weighted by atomic mass is 127. The molecule has 0 aliphatic rings. The Hall–Kier alpha value is -0.0900. The molecule has 0 aromatic heterocycles. The predicted octanol–water partition coefficient (Wildman–Crippen LogP) is 3.33. The molecule has 0 unspecified atom stereocenters. The Morgan fingerprint density at radius 1 is 1.16 bits per heavy atom. The number of hydrogen-bond donors (Lipinski definition) is 2. The number of ether oxygens (including phenoxy) is 1. The van der Waals surface area contributed by atoms with E-state index < -0.39 is 0 Å². The Labute approximate surface area is 141 Å². The monoisotopic (exact) mass is 488 g/mol. The van der Waals surface area contributed by atoms with Gasteiger partial charge < -0.3 is 4.74 Å². The van der Waals surface area contributed by atoms with Gasteiger partial charge in [-0.05, 0) is 85.0 Å². The third-order valence-electron chi connectivity index (χ3n) is 2.09. The van der Waals surface area contributed by atoms with Gasteiger partial charge >= 0.3 is 0 Å². The minimum Gasteiger partial charge on any atom is -0.489 e. The molecule has 0 heterocycles. The largest absolute Gasteiger partial charge is 0.489 e. The number of hydrazine groups is 1. The molecular weight excluding hydrogens is 470 g/mol. The van der Waals surface area contributed by atoms with Crippen LogP contribution >= 0.6 is 45.2 Å². The summed E-state index contributed by atoms with van der Waals surface area (Å²) in [4.78, 5) is 12.0. The molecule has 0 saturated carbocycles. The van der Waals surface area contributed by atoms with E-state index in [1.165, 1.54) is 0 Å². The van der Waals surface area contributed by atoms with Gasteiger partial charge in [0.2, 0.25) is 0 Å². The molecule has 0 atom stereocenters. The summed E-state index contributed by atoms with van der Waals surface area (Å²) in [5, 5.41) is 0. The number of hydrogen-bond acceptors (Lipinski definition) is 3. The summed E-state index contributed by atoms with van der Waals surface area (Å²) in [5.74, 6) is 0.699. The van der Waals surface area contributed by atoms with Crippen LogP contribution in [0.5, 0.6) is 5.75 Å². The van der Waals surface area contributed by atoms with Crippen molar-refractivity contribution in [2.24, 2.45) is 0 Å². The molecule has 0 aliphatic carbocycles. The van der Waals surface area contributed by atoms with Crippen LogP contribution < -0.4 is 15.6 Å². The van der Waals surface area contributed by atoms with E-state index >= 15 is 0 Å². The molecule has 1 rings (SSSR count). The maximum atomic E-state index is 12.0. The molecule has 1 aromatic carbocycles. The van der Waals surface area contributed by atoms with Crippen LogP contribution in [0.4, 0.5) is 0 Å². The lowest BCUT2D eigenvalue weighted by atomic mass is 10.2. The van der Waals surface area contributed by atoms with Crippen molar-refractivity contribution < 1.29 is 9.53 Å². The number of benzene rings is 1. The zero-order chi connectivity index (χ0) is 14.6. The molecule has 0 aliphatic heterocycles. The molecule has 19 heavy (non-hydrogen) atoms. The van der Waals surface area contributed by atoms with Crippen molar-refractivity contribution in [2.45, 2.75) is 39.8 Å². The second-order valence-electron chi connectivity index (χ2n) is 4.69. The topological polar surface area (TPSA) is 50.4 Å². The van der Waals surface area contributed by atoms with Crippen molar-refractivity contribution in [3.8, 4) is 5.75 Å². The van der Waals surface area contributed by atoms with Crippen LogP contribution in [0.25, 0.3) is 0 Å². The average molecular weight is 488 g/mol. The third-order valence-corrected chi connectivity index (χ3v) is 3.69. The normalized spacial score (nSPS) is 10.9. The van der Waals surface area contributed by atoms with Crippen LogP contribution in [0.3, 0.4) is 0 Å². The first-order chi connectivity index (χ1) is 8.81. The summed E-state index contributed by atoms with van der Waals surface area (Å²) in [6.45, 7) is 7.90. The van der Waals surface area contributed by atoms with E-state index in [9.17, 15) is 4.79 Å². The molecule has 0 fully saturated rings. The molecule has 0 radical (unpaired) electrons. The molecule has 2 N–H and O–H groups in total. The predicted molar refractivity (Wildman–Crippen MR) is 93.4 cm³/mol.